The number of hydrogen-bond acceptors (Lipinski definition) is 3. The van der Waals surface area contributed by atoms with Gasteiger partial charge in [0.1, 0.15) is 4.90 Å². The molecule has 0 amide bonds. The minimum atomic E-state index is -3.60. The van der Waals surface area contributed by atoms with E-state index in [1.165, 1.54) is 0 Å². The van der Waals surface area contributed by atoms with E-state index in [1.54, 1.807) is 23.9 Å². The molecule has 108 valence electrons. The van der Waals surface area contributed by atoms with Crippen LogP contribution < -0.4 is 4.72 Å². The van der Waals surface area contributed by atoms with Gasteiger partial charge in [0.2, 0.25) is 0 Å². The van der Waals surface area contributed by atoms with Gasteiger partial charge in [0.25, 0.3) is 10.0 Å². The minimum absolute atomic E-state index is 0.220. The first-order chi connectivity index (χ1) is 9.33. The molecule has 0 unspecified atom stereocenters. The number of aryl methyl sites for hydroxylation is 4. The lowest BCUT2D eigenvalue weighted by atomic mass is 10.1. The normalized spacial score (nSPS) is 11.6. The van der Waals surface area contributed by atoms with Crippen molar-refractivity contribution in [2.45, 2.75) is 39.1 Å². The lowest BCUT2D eigenvalue weighted by Crippen LogP contribution is -2.13. The maximum absolute atomic E-state index is 12.4. The smallest absolute Gasteiger partial charge is 0.265 e. The van der Waals surface area contributed by atoms with Crippen LogP contribution in [0.25, 0.3) is 0 Å². The average molecular weight is 293 g/mol. The van der Waals surface area contributed by atoms with Gasteiger partial charge in [-0.25, -0.2) is 8.42 Å². The van der Waals surface area contributed by atoms with Gasteiger partial charge in [-0.05, 0) is 51.0 Å². The first kappa shape index (κ1) is 14.6. The molecule has 6 heteroatoms. The third-order valence-corrected chi connectivity index (χ3v) is 4.76. The van der Waals surface area contributed by atoms with Gasteiger partial charge in [-0.15, -0.1) is 0 Å². The monoisotopic (exact) mass is 293 g/mol. The number of aromatic nitrogens is 2. The zero-order valence-electron chi connectivity index (χ0n) is 12.1. The Kier molecular flexibility index (Phi) is 3.85. The van der Waals surface area contributed by atoms with Crippen LogP contribution in [0.2, 0.25) is 0 Å². The number of nitrogens with zero attached hydrogens (tertiary/aromatic N) is 2. The van der Waals surface area contributed by atoms with Gasteiger partial charge in [0.15, 0.2) is 0 Å². The molecule has 0 bridgehead atoms. The zero-order valence-corrected chi connectivity index (χ0v) is 13.0. The lowest BCUT2D eigenvalue weighted by Gasteiger charge is -2.09. The second-order valence-electron chi connectivity index (χ2n) is 4.84. The summed E-state index contributed by atoms with van der Waals surface area (Å²) in [5, 5.41) is 4.17. The van der Waals surface area contributed by atoms with Crippen LogP contribution in [0.15, 0.2) is 29.3 Å². The maximum Gasteiger partial charge on any atom is 0.265 e. The minimum Gasteiger partial charge on any atom is -0.280 e. The van der Waals surface area contributed by atoms with Crippen molar-refractivity contribution < 1.29 is 8.42 Å². The van der Waals surface area contributed by atoms with Crippen LogP contribution in [0.3, 0.4) is 0 Å². The van der Waals surface area contributed by atoms with Crippen LogP contribution in [0.4, 0.5) is 5.69 Å². The Morgan fingerprint density at radius 2 is 1.90 bits per heavy atom. The molecule has 0 spiro atoms. The topological polar surface area (TPSA) is 64.0 Å². The highest BCUT2D eigenvalue weighted by Gasteiger charge is 2.20. The van der Waals surface area contributed by atoms with Gasteiger partial charge in [0.05, 0.1) is 5.69 Å². The first-order valence-corrected chi connectivity index (χ1v) is 7.96. The molecule has 0 aliphatic rings. The Morgan fingerprint density at radius 1 is 1.20 bits per heavy atom. The molecule has 0 radical (unpaired) electrons. The molecule has 0 saturated carbocycles. The SMILES string of the molecule is CCn1cc(S(=O)(=O)Nc2ccc(C)c(C)c2)c(C)n1. The summed E-state index contributed by atoms with van der Waals surface area (Å²) in [5.74, 6) is 0. The quantitative estimate of drug-likeness (QED) is 0.942. The molecule has 5 nitrogen and oxygen atoms in total. The van der Waals surface area contributed by atoms with Crippen LogP contribution in [-0.2, 0) is 16.6 Å². The van der Waals surface area contributed by atoms with Gasteiger partial charge in [-0.1, -0.05) is 6.07 Å². The fraction of sp³-hybridized carbons (Fsp3) is 0.357. The van der Waals surface area contributed by atoms with Crippen molar-refractivity contribution in [3.05, 3.63) is 41.2 Å². The fourth-order valence-corrected chi connectivity index (χ4v) is 3.18. The van der Waals surface area contributed by atoms with E-state index in [9.17, 15) is 8.42 Å². The number of hydrogen-bond donors (Lipinski definition) is 1. The molecule has 0 aliphatic heterocycles. The third kappa shape index (κ3) is 2.85. The highest BCUT2D eigenvalue weighted by Crippen LogP contribution is 2.20. The van der Waals surface area contributed by atoms with E-state index in [4.69, 9.17) is 0 Å². The van der Waals surface area contributed by atoms with Crippen molar-refractivity contribution in [1.82, 2.24) is 9.78 Å². The highest BCUT2D eigenvalue weighted by molar-refractivity contribution is 7.92. The zero-order chi connectivity index (χ0) is 14.9. The summed E-state index contributed by atoms with van der Waals surface area (Å²) >= 11 is 0. The standard InChI is InChI=1S/C14H19N3O2S/c1-5-17-9-14(12(4)15-17)20(18,19)16-13-7-6-10(2)11(3)8-13/h6-9,16H,5H2,1-4H3. The van der Waals surface area contributed by atoms with Crippen molar-refractivity contribution in [1.29, 1.82) is 0 Å². The summed E-state index contributed by atoms with van der Waals surface area (Å²) in [7, 11) is -3.60. The van der Waals surface area contributed by atoms with Gasteiger partial charge in [0, 0.05) is 18.4 Å². The summed E-state index contributed by atoms with van der Waals surface area (Å²) < 4.78 is 29.0. The van der Waals surface area contributed by atoms with Crippen molar-refractivity contribution in [3.8, 4) is 0 Å². The van der Waals surface area contributed by atoms with Crippen molar-refractivity contribution in [3.63, 3.8) is 0 Å². The molecular formula is C14H19N3O2S. The molecule has 2 rings (SSSR count). The van der Waals surface area contributed by atoms with Crippen LogP contribution in [-0.4, -0.2) is 18.2 Å². The number of benzene rings is 1. The molecular weight excluding hydrogens is 274 g/mol. The van der Waals surface area contributed by atoms with Crippen molar-refractivity contribution >= 4 is 15.7 Å². The van der Waals surface area contributed by atoms with E-state index < -0.39 is 10.0 Å². The largest absolute Gasteiger partial charge is 0.280 e. The second-order valence-corrected chi connectivity index (χ2v) is 6.49. The first-order valence-electron chi connectivity index (χ1n) is 6.47. The van der Waals surface area contributed by atoms with Gasteiger partial charge < -0.3 is 0 Å². The molecule has 1 aromatic carbocycles. The van der Waals surface area contributed by atoms with E-state index in [0.29, 0.717) is 17.9 Å². The summed E-state index contributed by atoms with van der Waals surface area (Å²) in [5.41, 5.74) is 3.24. The highest BCUT2D eigenvalue weighted by atomic mass is 32.2. The van der Waals surface area contributed by atoms with Crippen LogP contribution in [0.5, 0.6) is 0 Å². The third-order valence-electron chi connectivity index (χ3n) is 3.27. The molecule has 0 saturated heterocycles. The number of rotatable bonds is 4. The number of sulfonamides is 1. The molecule has 20 heavy (non-hydrogen) atoms. The summed E-state index contributed by atoms with van der Waals surface area (Å²) in [6, 6.07) is 5.49. The summed E-state index contributed by atoms with van der Waals surface area (Å²) in [6.45, 7) is 8.19. The van der Waals surface area contributed by atoms with E-state index >= 15 is 0 Å². The number of anilines is 1. The maximum atomic E-state index is 12.4. The van der Waals surface area contributed by atoms with Crippen LogP contribution >= 0.6 is 0 Å². The van der Waals surface area contributed by atoms with Gasteiger partial charge >= 0.3 is 0 Å². The molecule has 0 fully saturated rings. The molecule has 1 N–H and O–H groups in total. The van der Waals surface area contributed by atoms with Crippen LogP contribution in [0, 0.1) is 20.8 Å². The summed E-state index contributed by atoms with van der Waals surface area (Å²) in [4.78, 5) is 0.220. The molecule has 2 aromatic rings. The lowest BCUT2D eigenvalue weighted by molar-refractivity contribution is 0.600. The number of nitrogens with one attached hydrogen (secondary N) is 1. The molecule has 1 aromatic heterocycles. The van der Waals surface area contributed by atoms with Crippen LogP contribution in [0.1, 0.15) is 23.7 Å². The predicted molar refractivity (Wildman–Crippen MR) is 79.4 cm³/mol. The Bertz CT molecular complexity index is 733. The predicted octanol–water partition coefficient (Wildman–Crippen LogP) is 2.63. The Labute approximate surface area is 119 Å². The molecule has 1 heterocycles. The Morgan fingerprint density at radius 3 is 2.45 bits per heavy atom. The summed E-state index contributed by atoms with van der Waals surface area (Å²) in [6.07, 6.45) is 1.55. The van der Waals surface area contributed by atoms with Gasteiger partial charge in [-0.3, -0.25) is 9.40 Å². The average Bonchev–Trinajstić information content (AvgIpc) is 2.76. The van der Waals surface area contributed by atoms with Gasteiger partial charge in [-0.2, -0.15) is 5.10 Å². The molecule has 0 atom stereocenters. The van der Waals surface area contributed by atoms with E-state index in [1.807, 2.05) is 32.9 Å². The van der Waals surface area contributed by atoms with E-state index in [0.717, 1.165) is 11.1 Å². The van der Waals surface area contributed by atoms with E-state index in [2.05, 4.69) is 9.82 Å². The van der Waals surface area contributed by atoms with Crippen molar-refractivity contribution in [2.24, 2.45) is 0 Å². The van der Waals surface area contributed by atoms with E-state index in [-0.39, 0.29) is 4.90 Å². The molecule has 0 aliphatic carbocycles. The Hall–Kier alpha value is -1.82. The second kappa shape index (κ2) is 5.28. The Balaban J connectivity index is 2.35. The fourth-order valence-electron chi connectivity index (χ4n) is 1.94. The van der Waals surface area contributed by atoms with Crippen molar-refractivity contribution in [2.75, 3.05) is 4.72 Å².